The first kappa shape index (κ1) is 49.5. The molecule has 0 saturated heterocycles. The van der Waals surface area contributed by atoms with Crippen LogP contribution < -0.4 is 9.44 Å². The van der Waals surface area contributed by atoms with E-state index in [0.717, 1.165) is 24.3 Å². The predicted octanol–water partition coefficient (Wildman–Crippen LogP) is 7.63. The van der Waals surface area contributed by atoms with Gasteiger partial charge in [-0.2, -0.15) is 10.5 Å². The highest BCUT2D eigenvalue weighted by Crippen LogP contribution is 2.30. The van der Waals surface area contributed by atoms with Gasteiger partial charge in [-0.05, 0) is 64.9 Å². The summed E-state index contributed by atoms with van der Waals surface area (Å²) in [6.07, 6.45) is 5.84. The number of aromatic amines is 3. The van der Waals surface area contributed by atoms with E-state index in [4.69, 9.17) is 10.8 Å². The van der Waals surface area contributed by atoms with Crippen LogP contribution >= 0.6 is 0 Å². The molecule has 0 atom stereocenters. The molecule has 0 saturated carbocycles. The molecule has 66 heavy (non-hydrogen) atoms. The van der Waals surface area contributed by atoms with Crippen LogP contribution in [-0.2, 0) is 20.0 Å². The number of hydrogen-bond acceptors (Lipinski definition) is 13. The van der Waals surface area contributed by atoms with Gasteiger partial charge in [0.25, 0.3) is 0 Å². The maximum absolute atomic E-state index is 15.0. The highest BCUT2D eigenvalue weighted by atomic mass is 32.2. The molecule has 0 spiro atoms. The van der Waals surface area contributed by atoms with E-state index in [1.807, 2.05) is 30.4 Å². The molecule has 2 aromatic carbocycles. The van der Waals surface area contributed by atoms with Crippen molar-refractivity contribution in [3.05, 3.63) is 123 Å². The number of benzene rings is 2. The van der Waals surface area contributed by atoms with Crippen LogP contribution in [0.25, 0.3) is 43.9 Å². The second kappa shape index (κ2) is 20.5. The summed E-state index contributed by atoms with van der Waals surface area (Å²) in [4.78, 5) is 42.2. The summed E-state index contributed by atoms with van der Waals surface area (Å²) in [5.41, 5.74) is 6.09. The molecule has 0 fully saturated rings. The Hall–Kier alpha value is -7.53. The highest BCUT2D eigenvalue weighted by Gasteiger charge is 2.28. The van der Waals surface area contributed by atoms with Crippen molar-refractivity contribution in [2.45, 2.75) is 46.3 Å². The van der Waals surface area contributed by atoms with Crippen LogP contribution in [0.2, 0.25) is 19.6 Å². The van der Waals surface area contributed by atoms with Crippen LogP contribution in [0.15, 0.2) is 66.0 Å². The van der Waals surface area contributed by atoms with Crippen molar-refractivity contribution in [3.8, 4) is 17.5 Å². The zero-order valence-electron chi connectivity index (χ0n) is 35.4. The van der Waals surface area contributed by atoms with Crippen LogP contribution in [0.3, 0.4) is 0 Å². The molecule has 5 aromatic heterocycles. The van der Waals surface area contributed by atoms with Crippen LogP contribution in [0.4, 0.5) is 28.9 Å². The SMILES string of the molecule is CCCS(=O)(=O)Nc1ccc(F)c(C(=O)c2c[nH]c3ncc(-c4nn[nH]n4)cc23)c1F.CCCS(=O)(=O)Nc1ccc(F)c(C(=O)c2c[nH]c3ncc(C#N)cc23)c1F.C[Si](C)(C)N=[N+]=[N-]. The lowest BCUT2D eigenvalue weighted by Gasteiger charge is -2.11. The molecular formula is C39H38F4N14O6S2Si. The molecule has 0 bridgehead atoms. The summed E-state index contributed by atoms with van der Waals surface area (Å²) in [7, 11) is -9.13. The topological polar surface area (TPSA) is 311 Å². The number of nitrogens with zero attached hydrogens (tertiary/aromatic N) is 9. The average molecular weight is 967 g/mol. The number of tetrazole rings is 1. The van der Waals surface area contributed by atoms with Crippen molar-refractivity contribution in [2.75, 3.05) is 20.9 Å². The number of halogens is 4. The molecule has 27 heteroatoms. The number of nitrogens with one attached hydrogen (secondary N) is 5. The van der Waals surface area contributed by atoms with Crippen LogP contribution in [-0.4, -0.2) is 88.7 Å². The Morgan fingerprint density at radius 3 is 1.70 bits per heavy atom. The van der Waals surface area contributed by atoms with Gasteiger partial charge in [0.1, 0.15) is 37.2 Å². The maximum Gasteiger partial charge on any atom is 0.232 e. The number of aromatic nitrogens is 8. The number of sulfonamides is 2. The minimum atomic E-state index is -3.84. The number of carbonyl (C=O) groups is 2. The fourth-order valence-corrected chi connectivity index (χ4v) is 8.44. The van der Waals surface area contributed by atoms with Gasteiger partial charge in [0.05, 0.1) is 39.6 Å². The molecule has 0 unspecified atom stereocenters. The number of ketones is 2. The van der Waals surface area contributed by atoms with E-state index < -0.39 is 85.6 Å². The minimum Gasteiger partial charge on any atom is -0.345 e. The third-order valence-corrected chi connectivity index (χ3v) is 12.4. The minimum absolute atomic E-state index is 0.0563. The molecule has 7 aromatic rings. The van der Waals surface area contributed by atoms with E-state index in [0.29, 0.717) is 24.1 Å². The standard InChI is InChI=1S/C18H15F2N7O3S.C18H14F2N4O3S.C3H9N3Si/c1-2-5-31(29,30)25-13-4-3-12(19)14(15(13)20)16(28)11-8-22-18-10(11)6-9(7-21-18)17-23-26-27-24-17;1-2-5-28(26,27)24-14-4-3-13(19)15(16(14)20)17(25)12-9-23-18-11(12)6-10(7-21)8-22-18;1-7(2,3)6-5-4/h3-4,6-8,25H,2,5H2,1H3,(H,21,22)(H,23,24,26,27);3-4,6,8-9,24H,2,5H2,1H3,(H,22,23);1-3H3. The van der Waals surface area contributed by atoms with Crippen molar-refractivity contribution in [1.82, 2.24) is 40.6 Å². The summed E-state index contributed by atoms with van der Waals surface area (Å²) in [6.45, 7) is 9.25. The second-order valence-electron chi connectivity index (χ2n) is 14.9. The largest absolute Gasteiger partial charge is 0.345 e. The first-order chi connectivity index (χ1) is 31.1. The molecule has 0 aliphatic carbocycles. The molecule has 0 amide bonds. The Morgan fingerprint density at radius 1 is 0.803 bits per heavy atom. The number of nitriles is 1. The first-order valence-electron chi connectivity index (χ1n) is 19.3. The van der Waals surface area contributed by atoms with E-state index >= 15 is 4.39 Å². The van der Waals surface area contributed by atoms with Gasteiger partial charge in [0.2, 0.25) is 37.4 Å². The third kappa shape index (κ3) is 11.8. The number of hydrogen-bond donors (Lipinski definition) is 5. The third-order valence-electron chi connectivity index (χ3n) is 8.74. The second-order valence-corrected chi connectivity index (χ2v) is 23.1. The number of H-pyrrole nitrogens is 3. The molecular weight excluding hydrogens is 929 g/mol. The zero-order chi connectivity index (χ0) is 48.6. The monoisotopic (exact) mass is 966 g/mol. The number of anilines is 2. The lowest BCUT2D eigenvalue weighted by Crippen LogP contribution is -2.18. The lowest BCUT2D eigenvalue weighted by atomic mass is 10.0. The lowest BCUT2D eigenvalue weighted by molar-refractivity contribution is 0.102. The molecule has 7 rings (SSSR count). The summed E-state index contributed by atoms with van der Waals surface area (Å²) in [6, 6.07) is 8.26. The van der Waals surface area contributed by atoms with Gasteiger partial charge in [0.15, 0.2) is 11.6 Å². The molecule has 0 aliphatic heterocycles. The Morgan fingerprint density at radius 2 is 1.29 bits per heavy atom. The summed E-state index contributed by atoms with van der Waals surface area (Å²) < 4.78 is 114. The van der Waals surface area contributed by atoms with E-state index in [1.165, 1.54) is 36.9 Å². The normalized spacial score (nSPS) is 11.4. The first-order valence-corrected chi connectivity index (χ1v) is 26.1. The molecule has 344 valence electrons. The van der Waals surface area contributed by atoms with E-state index in [1.54, 1.807) is 13.8 Å². The zero-order valence-corrected chi connectivity index (χ0v) is 38.0. The van der Waals surface area contributed by atoms with Crippen molar-refractivity contribution >= 4 is 73.3 Å². The van der Waals surface area contributed by atoms with Crippen LogP contribution in [0.5, 0.6) is 0 Å². The van der Waals surface area contributed by atoms with Gasteiger partial charge < -0.3 is 9.97 Å². The smallest absolute Gasteiger partial charge is 0.232 e. The van der Waals surface area contributed by atoms with Crippen molar-refractivity contribution in [2.24, 2.45) is 4.78 Å². The van der Waals surface area contributed by atoms with E-state index in [2.05, 4.69) is 55.0 Å². The molecule has 0 radical (unpaired) electrons. The summed E-state index contributed by atoms with van der Waals surface area (Å²) >= 11 is 0. The predicted molar refractivity (Wildman–Crippen MR) is 238 cm³/mol. The molecule has 0 aliphatic rings. The maximum atomic E-state index is 15.0. The van der Waals surface area contributed by atoms with Crippen molar-refractivity contribution in [3.63, 3.8) is 0 Å². The number of pyridine rings is 2. The van der Waals surface area contributed by atoms with Crippen LogP contribution in [0.1, 0.15) is 64.1 Å². The van der Waals surface area contributed by atoms with Gasteiger partial charge >= 0.3 is 0 Å². The quantitative estimate of drug-likeness (QED) is 0.0175. The van der Waals surface area contributed by atoms with E-state index in [9.17, 15) is 39.6 Å². The number of fused-ring (bicyclic) bond motifs is 2. The number of carbonyl (C=O) groups excluding carboxylic acids is 2. The molecule has 5 heterocycles. The van der Waals surface area contributed by atoms with Crippen molar-refractivity contribution < 1.29 is 44.0 Å². The average Bonchev–Trinajstić information content (AvgIpc) is 4.03. The fraction of sp³-hybridized carbons (Fsp3) is 0.231. The summed E-state index contributed by atoms with van der Waals surface area (Å²) in [5, 5.41) is 22.9. The Kier molecular flexibility index (Phi) is 15.4. The molecule has 5 N–H and O–H groups in total. The number of azide groups is 1. The Balaban J connectivity index is 0.000000217. The molecule has 20 nitrogen and oxygen atoms in total. The van der Waals surface area contributed by atoms with Crippen LogP contribution in [0, 0.1) is 34.6 Å². The van der Waals surface area contributed by atoms with Gasteiger partial charge in [-0.15, -0.1) is 15.0 Å². The van der Waals surface area contributed by atoms with E-state index in [-0.39, 0.29) is 50.4 Å². The van der Waals surface area contributed by atoms with Gasteiger partial charge in [-0.25, -0.2) is 44.4 Å². The summed E-state index contributed by atoms with van der Waals surface area (Å²) in [5.74, 6) is -7.15. The Labute approximate surface area is 374 Å². The van der Waals surface area contributed by atoms with Gasteiger partial charge in [-0.1, -0.05) is 33.5 Å². The van der Waals surface area contributed by atoms with Gasteiger partial charge in [-0.3, -0.25) is 19.0 Å². The Bertz CT molecular complexity index is 3280. The van der Waals surface area contributed by atoms with Gasteiger partial charge in [0, 0.05) is 52.3 Å². The highest BCUT2D eigenvalue weighted by molar-refractivity contribution is 7.92. The fourth-order valence-electron chi connectivity index (χ4n) is 5.91. The number of rotatable bonds is 14. The van der Waals surface area contributed by atoms with Crippen molar-refractivity contribution in [1.29, 1.82) is 5.26 Å².